The zero-order valence-corrected chi connectivity index (χ0v) is 13.0. The van der Waals surface area contributed by atoms with Crippen LogP contribution in [0.2, 0.25) is 0 Å². The van der Waals surface area contributed by atoms with Gasteiger partial charge in [-0.05, 0) is 19.3 Å². The highest BCUT2D eigenvalue weighted by Crippen LogP contribution is 2.24. The van der Waals surface area contributed by atoms with E-state index in [2.05, 4.69) is 29.5 Å². The average molecular weight is 300 g/mol. The maximum absolute atomic E-state index is 12.0. The molecule has 0 unspecified atom stereocenters. The number of anilines is 2. The van der Waals surface area contributed by atoms with Crippen molar-refractivity contribution in [2.45, 2.75) is 33.1 Å². The summed E-state index contributed by atoms with van der Waals surface area (Å²) < 4.78 is 5.35. The van der Waals surface area contributed by atoms with E-state index >= 15 is 0 Å². The second-order valence-corrected chi connectivity index (χ2v) is 5.38. The number of nitrogens with zero attached hydrogens (tertiary/aromatic N) is 1. The van der Waals surface area contributed by atoms with E-state index < -0.39 is 0 Å². The number of nitrogen functional groups attached to an aromatic ring is 1. The monoisotopic (exact) mass is 300 g/mol. The lowest BCUT2D eigenvalue weighted by Gasteiger charge is -2.04. The predicted octanol–water partition coefficient (Wildman–Crippen LogP) is 2.09. The summed E-state index contributed by atoms with van der Waals surface area (Å²) in [6.07, 6.45) is 2.81. The maximum Gasteiger partial charge on any atom is 0.265 e. The zero-order valence-electron chi connectivity index (χ0n) is 12.2. The van der Waals surface area contributed by atoms with E-state index in [1.54, 1.807) is 0 Å². The molecule has 7 heteroatoms. The predicted molar refractivity (Wildman–Crippen MR) is 83.4 cm³/mol. The quantitative estimate of drug-likeness (QED) is 0.576. The molecular weight excluding hydrogens is 276 g/mol. The van der Waals surface area contributed by atoms with Crippen molar-refractivity contribution >= 4 is 28.2 Å². The van der Waals surface area contributed by atoms with E-state index in [-0.39, 0.29) is 11.7 Å². The molecule has 20 heavy (non-hydrogen) atoms. The minimum Gasteiger partial charge on any atom is -0.382 e. The van der Waals surface area contributed by atoms with Gasteiger partial charge in [-0.3, -0.25) is 4.79 Å². The molecule has 0 aromatic carbocycles. The minimum absolute atomic E-state index is 0.167. The third kappa shape index (κ3) is 5.75. The Kier molecular flexibility index (Phi) is 7.98. The van der Waals surface area contributed by atoms with E-state index in [0.29, 0.717) is 23.2 Å². The van der Waals surface area contributed by atoms with Gasteiger partial charge in [-0.25, -0.2) is 4.98 Å². The van der Waals surface area contributed by atoms with Gasteiger partial charge in [0.1, 0.15) is 10.7 Å². The molecule has 0 aliphatic heterocycles. The van der Waals surface area contributed by atoms with Crippen LogP contribution in [0.15, 0.2) is 0 Å². The van der Waals surface area contributed by atoms with Crippen molar-refractivity contribution < 1.29 is 9.53 Å². The molecule has 1 aromatic heterocycles. The van der Waals surface area contributed by atoms with Gasteiger partial charge in [0.15, 0.2) is 5.13 Å². The Labute approximate surface area is 124 Å². The van der Waals surface area contributed by atoms with Gasteiger partial charge in [0.25, 0.3) is 5.91 Å². The zero-order chi connectivity index (χ0) is 14.8. The number of nitrogens with two attached hydrogens (primary N) is 1. The first kappa shape index (κ1) is 16.7. The van der Waals surface area contributed by atoms with Crippen LogP contribution in [0.4, 0.5) is 10.9 Å². The highest BCUT2D eigenvalue weighted by Gasteiger charge is 2.15. The number of thiazole rings is 1. The number of ether oxygens (including phenoxy) is 1. The molecule has 0 fully saturated rings. The summed E-state index contributed by atoms with van der Waals surface area (Å²) in [5.74, 6) is 0.119. The molecule has 1 rings (SSSR count). The number of hydrogen-bond donors (Lipinski definition) is 3. The van der Waals surface area contributed by atoms with Crippen molar-refractivity contribution in [3.05, 3.63) is 4.88 Å². The van der Waals surface area contributed by atoms with Crippen LogP contribution < -0.4 is 16.4 Å². The molecule has 1 amide bonds. The molecule has 0 aliphatic carbocycles. The van der Waals surface area contributed by atoms with E-state index in [0.717, 1.165) is 32.4 Å². The van der Waals surface area contributed by atoms with Crippen molar-refractivity contribution in [3.8, 4) is 0 Å². The standard InChI is InChI=1S/C13H24N4O2S/c1-3-6-16-13-17-11(14)10(20-13)12(18)15-7-5-9-19-8-4-2/h3-9,14H2,1-2H3,(H,15,18)(H,16,17). The lowest BCUT2D eigenvalue weighted by atomic mass is 10.4. The van der Waals surface area contributed by atoms with Gasteiger partial charge < -0.3 is 21.1 Å². The van der Waals surface area contributed by atoms with Crippen molar-refractivity contribution in [3.63, 3.8) is 0 Å². The second kappa shape index (κ2) is 9.55. The van der Waals surface area contributed by atoms with Crippen LogP contribution in [-0.4, -0.2) is 37.2 Å². The number of carbonyl (C=O) groups is 1. The van der Waals surface area contributed by atoms with Gasteiger partial charge in [0.2, 0.25) is 0 Å². The van der Waals surface area contributed by atoms with Crippen molar-refractivity contribution in [2.24, 2.45) is 0 Å². The van der Waals surface area contributed by atoms with Gasteiger partial charge in [-0.2, -0.15) is 0 Å². The fraction of sp³-hybridized carbons (Fsp3) is 0.692. The summed E-state index contributed by atoms with van der Waals surface area (Å²) in [5, 5.41) is 6.65. The summed E-state index contributed by atoms with van der Waals surface area (Å²) in [5.41, 5.74) is 5.76. The Balaban J connectivity index is 2.33. The molecule has 0 bridgehead atoms. The normalized spacial score (nSPS) is 10.5. The highest BCUT2D eigenvalue weighted by atomic mass is 32.1. The summed E-state index contributed by atoms with van der Waals surface area (Å²) in [7, 11) is 0. The molecule has 0 aliphatic rings. The third-order valence-corrected chi connectivity index (χ3v) is 3.51. The number of nitrogens with one attached hydrogen (secondary N) is 2. The summed E-state index contributed by atoms with van der Waals surface area (Å²) in [4.78, 5) is 16.6. The Morgan fingerprint density at radius 1 is 1.30 bits per heavy atom. The van der Waals surface area contributed by atoms with Gasteiger partial charge in [0, 0.05) is 26.3 Å². The van der Waals surface area contributed by atoms with E-state index in [1.807, 2.05) is 0 Å². The number of rotatable bonds is 10. The van der Waals surface area contributed by atoms with Crippen LogP contribution in [0.1, 0.15) is 42.8 Å². The second-order valence-electron chi connectivity index (χ2n) is 4.38. The Hall–Kier alpha value is -1.34. The number of carbonyl (C=O) groups excluding carboxylic acids is 1. The summed E-state index contributed by atoms with van der Waals surface area (Å²) in [6.45, 7) is 6.97. The van der Waals surface area contributed by atoms with E-state index in [4.69, 9.17) is 10.5 Å². The first-order chi connectivity index (χ1) is 9.69. The molecule has 0 spiro atoms. The number of amides is 1. The minimum atomic E-state index is -0.167. The Morgan fingerprint density at radius 3 is 2.80 bits per heavy atom. The average Bonchev–Trinajstić information content (AvgIpc) is 2.81. The van der Waals surface area contributed by atoms with Crippen LogP contribution in [0.5, 0.6) is 0 Å². The third-order valence-electron chi connectivity index (χ3n) is 2.49. The first-order valence-electron chi connectivity index (χ1n) is 7.05. The Bertz CT molecular complexity index is 409. The molecule has 0 radical (unpaired) electrons. The van der Waals surface area contributed by atoms with Crippen molar-refractivity contribution in [1.29, 1.82) is 0 Å². The lowest BCUT2D eigenvalue weighted by molar-refractivity contribution is 0.0946. The fourth-order valence-electron chi connectivity index (χ4n) is 1.50. The van der Waals surface area contributed by atoms with Gasteiger partial charge in [-0.15, -0.1) is 0 Å². The van der Waals surface area contributed by atoms with Crippen LogP contribution in [0, 0.1) is 0 Å². The van der Waals surface area contributed by atoms with Gasteiger partial charge in [0.05, 0.1) is 0 Å². The molecule has 1 heterocycles. The topological polar surface area (TPSA) is 89.3 Å². The summed E-state index contributed by atoms with van der Waals surface area (Å²) in [6, 6.07) is 0. The Morgan fingerprint density at radius 2 is 2.10 bits per heavy atom. The summed E-state index contributed by atoms with van der Waals surface area (Å²) >= 11 is 1.29. The van der Waals surface area contributed by atoms with Crippen LogP contribution in [0.25, 0.3) is 0 Å². The van der Waals surface area contributed by atoms with Crippen molar-refractivity contribution in [1.82, 2.24) is 10.3 Å². The van der Waals surface area contributed by atoms with Gasteiger partial charge >= 0.3 is 0 Å². The molecule has 114 valence electrons. The fourth-order valence-corrected chi connectivity index (χ4v) is 2.33. The molecule has 1 aromatic rings. The lowest BCUT2D eigenvalue weighted by Crippen LogP contribution is -2.25. The molecular formula is C13H24N4O2S. The van der Waals surface area contributed by atoms with Crippen LogP contribution in [-0.2, 0) is 4.74 Å². The van der Waals surface area contributed by atoms with Gasteiger partial charge in [-0.1, -0.05) is 25.2 Å². The van der Waals surface area contributed by atoms with Crippen molar-refractivity contribution in [2.75, 3.05) is 37.4 Å². The molecule has 0 atom stereocenters. The molecule has 4 N–H and O–H groups in total. The molecule has 0 saturated carbocycles. The maximum atomic E-state index is 12.0. The first-order valence-corrected chi connectivity index (χ1v) is 7.86. The largest absolute Gasteiger partial charge is 0.382 e. The van der Waals surface area contributed by atoms with Crippen LogP contribution >= 0.6 is 11.3 Å². The number of aromatic nitrogens is 1. The van der Waals surface area contributed by atoms with E-state index in [1.165, 1.54) is 11.3 Å². The highest BCUT2D eigenvalue weighted by molar-refractivity contribution is 7.18. The SMILES string of the molecule is CCCNc1nc(N)c(C(=O)NCCCOCCC)s1. The van der Waals surface area contributed by atoms with Crippen LogP contribution in [0.3, 0.4) is 0 Å². The molecule has 6 nitrogen and oxygen atoms in total. The smallest absolute Gasteiger partial charge is 0.265 e. The molecule has 0 saturated heterocycles. The number of hydrogen-bond acceptors (Lipinski definition) is 6. The van der Waals surface area contributed by atoms with E-state index in [9.17, 15) is 4.79 Å².